The van der Waals surface area contributed by atoms with Gasteiger partial charge < -0.3 is 9.64 Å². The zero-order valence-electron chi connectivity index (χ0n) is 10.3. The highest BCUT2D eigenvalue weighted by atomic mass is 79.9. The third-order valence-corrected chi connectivity index (χ3v) is 4.06. The molecule has 0 N–H and O–H groups in total. The molecule has 0 spiro atoms. The quantitative estimate of drug-likeness (QED) is 0.799. The number of hydrogen-bond acceptors (Lipinski definition) is 2. The molecular weight excluding hydrogens is 326 g/mol. The molecule has 0 bridgehead atoms. The molecule has 0 unspecified atom stereocenters. The lowest BCUT2D eigenvalue weighted by atomic mass is 10.1. The van der Waals surface area contributed by atoms with Crippen LogP contribution < -0.4 is 9.64 Å². The van der Waals surface area contributed by atoms with Crippen molar-refractivity contribution >= 4 is 33.2 Å². The lowest BCUT2D eigenvalue weighted by Crippen LogP contribution is -2.32. The van der Waals surface area contributed by atoms with Gasteiger partial charge in [-0.2, -0.15) is 0 Å². The third kappa shape index (κ3) is 2.72. The van der Waals surface area contributed by atoms with Gasteiger partial charge in [-0.05, 0) is 29.8 Å². The van der Waals surface area contributed by atoms with Gasteiger partial charge in [0.05, 0.1) is 12.2 Å². The molecule has 0 saturated carbocycles. The van der Waals surface area contributed by atoms with Gasteiger partial charge in [0, 0.05) is 16.0 Å². The number of halogens is 2. The van der Waals surface area contributed by atoms with Gasteiger partial charge in [0.2, 0.25) is 0 Å². The fraction of sp³-hybridized carbons (Fsp3) is 0.200. The van der Waals surface area contributed by atoms with E-state index in [1.54, 1.807) is 0 Å². The molecule has 98 valence electrons. The van der Waals surface area contributed by atoms with Gasteiger partial charge in [0.15, 0.2) is 0 Å². The number of fused-ring (bicyclic) bond motifs is 1. The lowest BCUT2D eigenvalue weighted by molar-refractivity contribution is 0.306. The second-order valence-corrected chi connectivity index (χ2v) is 5.80. The van der Waals surface area contributed by atoms with Crippen LogP contribution in [0.3, 0.4) is 0 Å². The Hall–Kier alpha value is -1.19. The molecule has 0 amide bonds. The summed E-state index contributed by atoms with van der Waals surface area (Å²) in [7, 11) is 0. The Balaban J connectivity index is 1.90. The molecule has 0 atom stereocenters. The molecule has 1 aliphatic rings. The summed E-state index contributed by atoms with van der Waals surface area (Å²) < 4.78 is 6.73. The van der Waals surface area contributed by atoms with Crippen LogP contribution in [0, 0.1) is 0 Å². The van der Waals surface area contributed by atoms with Crippen molar-refractivity contribution in [3.63, 3.8) is 0 Å². The molecule has 3 rings (SSSR count). The van der Waals surface area contributed by atoms with Crippen molar-refractivity contribution in [1.29, 1.82) is 0 Å². The predicted octanol–water partition coefficient (Wildman–Crippen LogP) is 4.50. The zero-order valence-corrected chi connectivity index (χ0v) is 12.6. The molecular formula is C15H13BrClNO. The Morgan fingerprint density at radius 2 is 2.05 bits per heavy atom. The van der Waals surface area contributed by atoms with Gasteiger partial charge in [-0.1, -0.05) is 45.7 Å². The van der Waals surface area contributed by atoms with E-state index in [0.717, 1.165) is 39.6 Å². The van der Waals surface area contributed by atoms with Gasteiger partial charge in [0.1, 0.15) is 12.4 Å². The summed E-state index contributed by atoms with van der Waals surface area (Å²) in [5.41, 5.74) is 2.26. The van der Waals surface area contributed by atoms with E-state index in [4.69, 9.17) is 16.3 Å². The molecule has 1 heterocycles. The number of anilines is 1. The highest BCUT2D eigenvalue weighted by Gasteiger charge is 2.18. The number of hydrogen-bond donors (Lipinski definition) is 0. The third-order valence-electron chi connectivity index (χ3n) is 3.20. The van der Waals surface area contributed by atoms with Crippen molar-refractivity contribution < 1.29 is 4.74 Å². The van der Waals surface area contributed by atoms with E-state index in [1.807, 2.05) is 30.3 Å². The maximum absolute atomic E-state index is 6.23. The Morgan fingerprint density at radius 1 is 1.21 bits per heavy atom. The smallest absolute Gasteiger partial charge is 0.143 e. The average Bonchev–Trinajstić information content (AvgIpc) is 2.41. The average molecular weight is 339 g/mol. The summed E-state index contributed by atoms with van der Waals surface area (Å²) in [5.74, 6) is 0.924. The van der Waals surface area contributed by atoms with E-state index >= 15 is 0 Å². The van der Waals surface area contributed by atoms with Crippen LogP contribution in [0.5, 0.6) is 5.75 Å². The van der Waals surface area contributed by atoms with Gasteiger partial charge in [-0.15, -0.1) is 0 Å². The summed E-state index contributed by atoms with van der Waals surface area (Å²) in [6, 6.07) is 14.1. The molecule has 19 heavy (non-hydrogen) atoms. The van der Waals surface area contributed by atoms with Crippen LogP contribution in [0.15, 0.2) is 46.9 Å². The molecule has 2 nitrogen and oxygen atoms in total. The van der Waals surface area contributed by atoms with E-state index in [-0.39, 0.29) is 0 Å². The van der Waals surface area contributed by atoms with E-state index < -0.39 is 0 Å². The summed E-state index contributed by atoms with van der Waals surface area (Å²) in [6.45, 7) is 2.38. The van der Waals surface area contributed by atoms with Crippen LogP contribution in [0.4, 0.5) is 5.69 Å². The molecule has 0 radical (unpaired) electrons. The van der Waals surface area contributed by atoms with E-state index in [9.17, 15) is 0 Å². The minimum atomic E-state index is 0.702. The van der Waals surface area contributed by atoms with Crippen LogP contribution in [0.25, 0.3) is 0 Å². The SMILES string of the molecule is Clc1ccccc1CN1CCOc2cc(Br)ccc21. The van der Waals surface area contributed by atoms with Crippen molar-refractivity contribution in [3.05, 3.63) is 57.5 Å². The van der Waals surface area contributed by atoms with Crippen LogP contribution in [0.2, 0.25) is 5.02 Å². The van der Waals surface area contributed by atoms with Crippen molar-refractivity contribution in [3.8, 4) is 5.75 Å². The Morgan fingerprint density at radius 3 is 2.89 bits per heavy atom. The summed E-state index contributed by atoms with van der Waals surface area (Å²) in [6.07, 6.45) is 0. The Bertz CT molecular complexity index is 602. The topological polar surface area (TPSA) is 12.5 Å². The van der Waals surface area contributed by atoms with Gasteiger partial charge in [-0.25, -0.2) is 0 Å². The molecule has 2 aromatic rings. The maximum atomic E-state index is 6.23. The lowest BCUT2D eigenvalue weighted by Gasteiger charge is -2.31. The summed E-state index contributed by atoms with van der Waals surface area (Å²) in [5, 5.41) is 0.813. The molecule has 0 fully saturated rings. The minimum Gasteiger partial charge on any atom is -0.490 e. The van der Waals surface area contributed by atoms with Gasteiger partial charge in [-0.3, -0.25) is 0 Å². The van der Waals surface area contributed by atoms with Crippen LogP contribution in [-0.2, 0) is 6.54 Å². The highest BCUT2D eigenvalue weighted by molar-refractivity contribution is 9.10. The van der Waals surface area contributed by atoms with Gasteiger partial charge in [0.25, 0.3) is 0 Å². The minimum absolute atomic E-state index is 0.702. The first-order chi connectivity index (χ1) is 9.24. The summed E-state index contributed by atoms with van der Waals surface area (Å²) in [4.78, 5) is 2.30. The standard InChI is InChI=1S/C15H13BrClNO/c16-12-5-6-14-15(9-12)19-8-7-18(14)10-11-3-1-2-4-13(11)17/h1-6,9H,7-8,10H2. The van der Waals surface area contributed by atoms with Crippen molar-refractivity contribution in [2.24, 2.45) is 0 Å². The van der Waals surface area contributed by atoms with Crippen LogP contribution >= 0.6 is 27.5 Å². The fourth-order valence-corrected chi connectivity index (χ4v) is 2.78. The maximum Gasteiger partial charge on any atom is 0.143 e. The van der Waals surface area contributed by atoms with E-state index in [2.05, 4.69) is 33.0 Å². The van der Waals surface area contributed by atoms with E-state index in [1.165, 1.54) is 0 Å². The fourth-order valence-electron chi connectivity index (χ4n) is 2.25. The van der Waals surface area contributed by atoms with Gasteiger partial charge >= 0.3 is 0 Å². The zero-order chi connectivity index (χ0) is 13.2. The second kappa shape index (κ2) is 5.43. The normalized spacial score (nSPS) is 13.9. The molecule has 0 aromatic heterocycles. The first-order valence-electron chi connectivity index (χ1n) is 6.15. The Labute approximate surface area is 126 Å². The predicted molar refractivity (Wildman–Crippen MR) is 82.1 cm³/mol. The number of nitrogens with zero attached hydrogens (tertiary/aromatic N) is 1. The molecule has 2 aromatic carbocycles. The number of ether oxygens (including phenoxy) is 1. The largest absolute Gasteiger partial charge is 0.490 e. The van der Waals surface area contributed by atoms with Crippen molar-refractivity contribution in [2.75, 3.05) is 18.1 Å². The molecule has 4 heteroatoms. The highest BCUT2D eigenvalue weighted by Crippen LogP contribution is 2.35. The summed E-state index contributed by atoms with van der Waals surface area (Å²) >= 11 is 9.70. The number of benzene rings is 2. The molecule has 0 aliphatic carbocycles. The first kappa shape index (κ1) is 12.8. The van der Waals surface area contributed by atoms with Crippen LogP contribution in [-0.4, -0.2) is 13.2 Å². The molecule has 1 aliphatic heterocycles. The van der Waals surface area contributed by atoms with Crippen molar-refractivity contribution in [2.45, 2.75) is 6.54 Å². The monoisotopic (exact) mass is 337 g/mol. The second-order valence-electron chi connectivity index (χ2n) is 4.47. The first-order valence-corrected chi connectivity index (χ1v) is 7.32. The van der Waals surface area contributed by atoms with Crippen LogP contribution in [0.1, 0.15) is 5.56 Å². The number of rotatable bonds is 2. The Kier molecular flexibility index (Phi) is 3.67. The van der Waals surface area contributed by atoms with E-state index in [0.29, 0.717) is 6.61 Å². The van der Waals surface area contributed by atoms with Crippen molar-refractivity contribution in [1.82, 2.24) is 0 Å². The molecule has 0 saturated heterocycles.